The molecular formula is C11H12F13NO3S. The van der Waals surface area contributed by atoms with E-state index in [4.69, 9.17) is 5.11 Å². The zero-order chi connectivity index (χ0) is 23.9. The maximum atomic E-state index is 13.5. The van der Waals surface area contributed by atoms with Gasteiger partial charge < -0.3 is 5.11 Å². The van der Waals surface area contributed by atoms with Crippen LogP contribution in [0.5, 0.6) is 0 Å². The molecule has 0 saturated carbocycles. The minimum absolute atomic E-state index is 0.0891. The number of nitrogens with zero attached hydrogens (tertiary/aromatic N) is 1. The van der Waals surface area contributed by atoms with Gasteiger partial charge in [0.25, 0.3) is 0 Å². The lowest BCUT2D eigenvalue weighted by Gasteiger charge is -2.39. The van der Waals surface area contributed by atoms with Crippen molar-refractivity contribution in [3.63, 3.8) is 0 Å². The minimum Gasteiger partial charge on any atom is -0.395 e. The Balaban J connectivity index is 6.00. The average Bonchev–Trinajstić information content (AvgIpc) is 2.51. The molecule has 0 aromatic heterocycles. The van der Waals surface area contributed by atoms with Crippen LogP contribution in [0.4, 0.5) is 57.1 Å². The van der Waals surface area contributed by atoms with E-state index in [0.717, 1.165) is 0 Å². The highest BCUT2D eigenvalue weighted by Gasteiger charge is 2.90. The number of aliphatic hydroxyl groups is 1. The lowest BCUT2D eigenvalue weighted by atomic mass is 9.93. The fraction of sp³-hybridized carbons (Fsp3) is 1.00. The Morgan fingerprint density at radius 2 is 1.10 bits per heavy atom. The van der Waals surface area contributed by atoms with Gasteiger partial charge in [0.1, 0.15) is 0 Å². The SMILES string of the molecule is CN(CCO)S(=O)(=O)CCC(F)(F)C(F)(F)C(F)(F)C(F)(F)C(F)(F)C(F)(F)F. The topological polar surface area (TPSA) is 57.6 Å². The first kappa shape index (κ1) is 28.0. The molecule has 1 N–H and O–H groups in total. The number of rotatable bonds is 10. The van der Waals surface area contributed by atoms with Gasteiger partial charge in [0.05, 0.1) is 12.4 Å². The molecule has 0 heterocycles. The summed E-state index contributed by atoms with van der Waals surface area (Å²) in [4.78, 5) is 0. The lowest BCUT2D eigenvalue weighted by molar-refractivity contribution is -0.439. The maximum Gasteiger partial charge on any atom is 0.460 e. The molecule has 0 rings (SSSR count). The summed E-state index contributed by atoms with van der Waals surface area (Å²) in [6.45, 7) is -1.69. The Bertz CT molecular complexity index is 674. The van der Waals surface area contributed by atoms with Crippen molar-refractivity contribution in [2.45, 2.75) is 42.2 Å². The molecule has 0 aliphatic carbocycles. The van der Waals surface area contributed by atoms with Crippen LogP contribution in [0.25, 0.3) is 0 Å². The third-order valence-corrected chi connectivity index (χ3v) is 5.41. The molecular weight excluding hydrogens is 473 g/mol. The van der Waals surface area contributed by atoms with Gasteiger partial charge in [-0.1, -0.05) is 0 Å². The molecule has 176 valence electrons. The summed E-state index contributed by atoms with van der Waals surface area (Å²) >= 11 is 0. The number of halogens is 13. The zero-order valence-electron chi connectivity index (χ0n) is 13.9. The van der Waals surface area contributed by atoms with Crippen LogP contribution in [-0.4, -0.2) is 79.6 Å². The van der Waals surface area contributed by atoms with Crippen molar-refractivity contribution in [3.05, 3.63) is 0 Å². The average molecular weight is 485 g/mol. The van der Waals surface area contributed by atoms with Gasteiger partial charge in [-0.2, -0.15) is 57.1 Å². The molecule has 29 heavy (non-hydrogen) atoms. The van der Waals surface area contributed by atoms with Gasteiger partial charge in [0.15, 0.2) is 0 Å². The highest BCUT2D eigenvalue weighted by atomic mass is 32.2. The second-order valence-corrected chi connectivity index (χ2v) is 7.81. The Morgan fingerprint density at radius 3 is 1.45 bits per heavy atom. The predicted octanol–water partition coefficient (Wildman–Crippen LogP) is 3.37. The van der Waals surface area contributed by atoms with Crippen LogP contribution in [0.1, 0.15) is 6.42 Å². The predicted molar refractivity (Wildman–Crippen MR) is 68.9 cm³/mol. The highest BCUT2D eigenvalue weighted by molar-refractivity contribution is 7.89. The van der Waals surface area contributed by atoms with Gasteiger partial charge in [-0.3, -0.25) is 0 Å². The van der Waals surface area contributed by atoms with E-state index in [2.05, 4.69) is 0 Å². The van der Waals surface area contributed by atoms with Crippen LogP contribution in [0, 0.1) is 0 Å². The quantitative estimate of drug-likeness (QED) is 0.483. The van der Waals surface area contributed by atoms with Crippen molar-refractivity contribution in [1.82, 2.24) is 4.31 Å². The summed E-state index contributed by atoms with van der Waals surface area (Å²) in [5, 5.41) is 8.48. The van der Waals surface area contributed by atoms with Crippen LogP contribution in [0.3, 0.4) is 0 Å². The van der Waals surface area contributed by atoms with Crippen LogP contribution in [0.2, 0.25) is 0 Å². The smallest absolute Gasteiger partial charge is 0.395 e. The monoisotopic (exact) mass is 485 g/mol. The third-order valence-electron chi connectivity index (χ3n) is 3.56. The van der Waals surface area contributed by atoms with E-state index >= 15 is 0 Å². The van der Waals surface area contributed by atoms with Crippen molar-refractivity contribution in [1.29, 1.82) is 0 Å². The molecule has 0 aromatic carbocycles. The van der Waals surface area contributed by atoms with Crippen LogP contribution in [0.15, 0.2) is 0 Å². The largest absolute Gasteiger partial charge is 0.460 e. The first-order valence-electron chi connectivity index (χ1n) is 6.94. The second kappa shape index (κ2) is 7.90. The van der Waals surface area contributed by atoms with Gasteiger partial charge in [0, 0.05) is 20.0 Å². The standard InChI is InChI=1S/C11H12F13NO3S/c1-25(3-4-26)29(27,28)5-2-6(12,13)7(14,15)8(16,17)9(18,19)10(20,21)11(22,23)24/h26H,2-5H2,1H3. The fourth-order valence-corrected chi connectivity index (χ4v) is 2.84. The molecule has 0 fully saturated rings. The number of likely N-dealkylation sites (N-methyl/N-ethyl adjacent to an activating group) is 1. The molecule has 0 spiro atoms. The Labute approximate surface area is 154 Å². The van der Waals surface area contributed by atoms with Gasteiger partial charge >= 0.3 is 35.8 Å². The summed E-state index contributed by atoms with van der Waals surface area (Å²) in [6, 6.07) is 0. The first-order valence-corrected chi connectivity index (χ1v) is 8.55. The van der Waals surface area contributed by atoms with Crippen LogP contribution in [-0.2, 0) is 10.0 Å². The Kier molecular flexibility index (Phi) is 7.62. The van der Waals surface area contributed by atoms with Crippen molar-refractivity contribution in [3.8, 4) is 0 Å². The molecule has 0 bridgehead atoms. The molecule has 0 atom stereocenters. The van der Waals surface area contributed by atoms with Gasteiger partial charge in [-0.05, 0) is 0 Å². The molecule has 0 aliphatic rings. The summed E-state index contributed by atoms with van der Waals surface area (Å²) < 4.78 is 190. The minimum atomic E-state index is -8.03. The van der Waals surface area contributed by atoms with Gasteiger partial charge in [-0.15, -0.1) is 0 Å². The van der Waals surface area contributed by atoms with Gasteiger partial charge in [0.2, 0.25) is 10.0 Å². The van der Waals surface area contributed by atoms with E-state index in [9.17, 15) is 65.5 Å². The highest BCUT2D eigenvalue weighted by Crippen LogP contribution is 2.60. The zero-order valence-corrected chi connectivity index (χ0v) is 14.7. The summed E-state index contributed by atoms with van der Waals surface area (Å²) in [5.41, 5.74) is 0. The Hall–Kier alpha value is -1.04. The molecule has 0 radical (unpaired) electrons. The molecule has 4 nitrogen and oxygen atoms in total. The van der Waals surface area contributed by atoms with E-state index in [-0.39, 0.29) is 4.31 Å². The fourth-order valence-electron chi connectivity index (χ4n) is 1.65. The number of sulfonamides is 1. The van der Waals surface area contributed by atoms with Crippen LogP contribution < -0.4 is 0 Å². The van der Waals surface area contributed by atoms with E-state index in [1.807, 2.05) is 0 Å². The number of alkyl halides is 13. The number of hydrogen-bond donors (Lipinski definition) is 1. The van der Waals surface area contributed by atoms with E-state index in [0.29, 0.717) is 7.05 Å². The van der Waals surface area contributed by atoms with E-state index in [1.165, 1.54) is 0 Å². The molecule has 0 aliphatic heterocycles. The normalized spacial score (nSPS) is 15.9. The Morgan fingerprint density at radius 1 is 0.724 bits per heavy atom. The maximum absolute atomic E-state index is 13.5. The molecule has 0 saturated heterocycles. The summed E-state index contributed by atoms with van der Waals surface area (Å²) in [6.07, 6.45) is -10.4. The molecule has 0 aromatic rings. The lowest BCUT2D eigenvalue weighted by Crippen LogP contribution is -2.70. The molecule has 0 unspecified atom stereocenters. The van der Waals surface area contributed by atoms with E-state index in [1.54, 1.807) is 0 Å². The summed E-state index contributed by atoms with van der Waals surface area (Å²) in [7, 11) is -4.33. The van der Waals surface area contributed by atoms with E-state index < -0.39 is 71.1 Å². The number of hydrogen-bond acceptors (Lipinski definition) is 3. The van der Waals surface area contributed by atoms with Crippen molar-refractivity contribution in [2.24, 2.45) is 0 Å². The summed E-state index contributed by atoms with van der Waals surface area (Å²) in [5.74, 6) is -39.9. The van der Waals surface area contributed by atoms with Crippen molar-refractivity contribution < 1.29 is 70.6 Å². The number of aliphatic hydroxyl groups excluding tert-OH is 1. The van der Waals surface area contributed by atoms with Crippen molar-refractivity contribution in [2.75, 3.05) is 26.0 Å². The van der Waals surface area contributed by atoms with Gasteiger partial charge in [-0.25, -0.2) is 12.7 Å². The van der Waals surface area contributed by atoms with Crippen molar-refractivity contribution >= 4 is 10.0 Å². The second-order valence-electron chi connectivity index (χ2n) is 5.61. The molecule has 0 amide bonds. The van der Waals surface area contributed by atoms with Crippen LogP contribution >= 0.6 is 0 Å². The first-order chi connectivity index (χ1) is 12.4. The molecule has 18 heteroatoms. The third kappa shape index (κ3) is 4.67.